The lowest BCUT2D eigenvalue weighted by molar-refractivity contribution is -0.384. The van der Waals surface area contributed by atoms with Crippen molar-refractivity contribution < 1.29 is 23.6 Å². The van der Waals surface area contributed by atoms with E-state index in [-0.39, 0.29) is 30.1 Å². The number of ether oxygens (including phenoxy) is 1. The Labute approximate surface area is 210 Å². The fourth-order valence-electron chi connectivity index (χ4n) is 4.08. The molecule has 1 saturated heterocycles. The van der Waals surface area contributed by atoms with Gasteiger partial charge in [0.2, 0.25) is 0 Å². The number of nitro benzene ring substituents is 1. The Morgan fingerprint density at radius 3 is 2.43 bits per heavy atom. The number of nitro groups is 1. The molecule has 1 aliphatic heterocycles. The molecule has 1 heterocycles. The van der Waals surface area contributed by atoms with E-state index in [4.69, 9.17) is 4.74 Å². The molecule has 4 aromatic rings. The van der Waals surface area contributed by atoms with Crippen molar-refractivity contribution in [1.29, 1.82) is 0 Å². The quantitative estimate of drug-likeness (QED) is 0.156. The van der Waals surface area contributed by atoms with Gasteiger partial charge < -0.3 is 10.1 Å². The Kier molecular flexibility index (Phi) is 6.34. The monoisotopic (exact) mass is 497 g/mol. The predicted molar refractivity (Wildman–Crippen MR) is 135 cm³/mol. The minimum absolute atomic E-state index is 0.0182. The zero-order valence-electron chi connectivity index (χ0n) is 19.4. The maximum atomic E-state index is 14.1. The number of halogens is 1. The molecule has 5 rings (SSSR count). The molecular formula is C28H20FN3O5. The van der Waals surface area contributed by atoms with Crippen molar-refractivity contribution in [3.63, 3.8) is 0 Å². The summed E-state index contributed by atoms with van der Waals surface area (Å²) in [7, 11) is 0. The second-order valence-corrected chi connectivity index (χ2v) is 8.38. The highest BCUT2D eigenvalue weighted by Crippen LogP contribution is 2.32. The number of imide groups is 1. The number of hydrogen-bond donors (Lipinski definition) is 1. The molecule has 0 bridgehead atoms. The van der Waals surface area contributed by atoms with Gasteiger partial charge in [-0.1, -0.05) is 48.5 Å². The van der Waals surface area contributed by atoms with E-state index in [9.17, 15) is 24.1 Å². The number of carbonyl (C=O) groups excluding carboxylic acids is 2. The van der Waals surface area contributed by atoms with Crippen LogP contribution in [-0.2, 0) is 17.9 Å². The van der Waals surface area contributed by atoms with Gasteiger partial charge >= 0.3 is 6.03 Å². The van der Waals surface area contributed by atoms with E-state index in [0.29, 0.717) is 11.3 Å². The molecule has 1 aliphatic rings. The summed E-state index contributed by atoms with van der Waals surface area (Å²) < 4.78 is 20.2. The Morgan fingerprint density at radius 1 is 0.946 bits per heavy atom. The smallest absolute Gasteiger partial charge is 0.329 e. The lowest BCUT2D eigenvalue weighted by atomic mass is 10.0. The van der Waals surface area contributed by atoms with Gasteiger partial charge in [0, 0.05) is 23.3 Å². The number of urea groups is 1. The van der Waals surface area contributed by atoms with Gasteiger partial charge in [0.1, 0.15) is 23.9 Å². The van der Waals surface area contributed by atoms with Crippen LogP contribution in [0.4, 0.5) is 14.9 Å². The van der Waals surface area contributed by atoms with Gasteiger partial charge in [-0.05, 0) is 46.7 Å². The summed E-state index contributed by atoms with van der Waals surface area (Å²) in [6, 6.07) is 22.5. The van der Waals surface area contributed by atoms with E-state index in [0.717, 1.165) is 21.2 Å². The molecule has 184 valence electrons. The van der Waals surface area contributed by atoms with E-state index in [1.807, 2.05) is 30.3 Å². The standard InChI is InChI=1S/C28H20FN3O5/c29-24-8-4-2-6-20(24)16-31-27(33)25(30-28(31)34)15-23-22-7-3-1-5-19(22)11-14-26(23)37-17-18-9-12-21(13-10-18)32(35)36/h1-15H,16-17H2,(H,30,34)/b25-15+. The third-order valence-corrected chi connectivity index (χ3v) is 6.01. The summed E-state index contributed by atoms with van der Waals surface area (Å²) >= 11 is 0. The van der Waals surface area contributed by atoms with E-state index in [1.165, 1.54) is 30.3 Å². The van der Waals surface area contributed by atoms with E-state index >= 15 is 0 Å². The van der Waals surface area contributed by atoms with Crippen molar-refractivity contribution in [3.05, 3.63) is 123 Å². The number of carbonyl (C=O) groups is 2. The molecule has 0 atom stereocenters. The maximum Gasteiger partial charge on any atom is 0.329 e. The second kappa shape index (κ2) is 9.90. The van der Waals surface area contributed by atoms with Crippen LogP contribution < -0.4 is 10.1 Å². The molecule has 0 spiro atoms. The van der Waals surface area contributed by atoms with Crippen LogP contribution in [0.3, 0.4) is 0 Å². The van der Waals surface area contributed by atoms with Crippen LogP contribution in [0.25, 0.3) is 16.8 Å². The molecular weight excluding hydrogens is 477 g/mol. The number of amides is 3. The molecule has 0 aliphatic carbocycles. The summed E-state index contributed by atoms with van der Waals surface area (Å²) in [5, 5.41) is 15.2. The van der Waals surface area contributed by atoms with Crippen molar-refractivity contribution in [1.82, 2.24) is 10.2 Å². The number of nitrogens with zero attached hydrogens (tertiary/aromatic N) is 2. The number of rotatable bonds is 7. The van der Waals surface area contributed by atoms with Gasteiger partial charge in [-0.15, -0.1) is 0 Å². The fourth-order valence-corrected chi connectivity index (χ4v) is 4.08. The highest BCUT2D eigenvalue weighted by atomic mass is 19.1. The van der Waals surface area contributed by atoms with Gasteiger partial charge in [-0.2, -0.15) is 0 Å². The normalized spacial score (nSPS) is 14.3. The minimum Gasteiger partial charge on any atom is -0.488 e. The van der Waals surface area contributed by atoms with Crippen LogP contribution in [0.2, 0.25) is 0 Å². The van der Waals surface area contributed by atoms with Gasteiger partial charge in [-0.25, -0.2) is 9.18 Å². The summed E-state index contributed by atoms with van der Waals surface area (Å²) in [6.45, 7) is -0.0695. The van der Waals surface area contributed by atoms with Gasteiger partial charge in [0.15, 0.2) is 0 Å². The zero-order chi connectivity index (χ0) is 25.9. The molecule has 1 fully saturated rings. The average molecular weight is 497 g/mol. The lowest BCUT2D eigenvalue weighted by Crippen LogP contribution is -2.30. The highest BCUT2D eigenvalue weighted by molar-refractivity contribution is 6.14. The Bertz CT molecular complexity index is 1570. The van der Waals surface area contributed by atoms with Gasteiger partial charge in [-0.3, -0.25) is 19.8 Å². The Morgan fingerprint density at radius 2 is 1.68 bits per heavy atom. The predicted octanol–water partition coefficient (Wildman–Crippen LogP) is 5.56. The summed E-state index contributed by atoms with van der Waals surface area (Å²) in [6.07, 6.45) is 1.55. The lowest BCUT2D eigenvalue weighted by Gasteiger charge is -2.13. The highest BCUT2D eigenvalue weighted by Gasteiger charge is 2.34. The number of benzene rings is 4. The molecule has 4 aromatic carbocycles. The number of nitrogens with one attached hydrogen (secondary N) is 1. The molecule has 0 saturated carbocycles. The van der Waals surface area contributed by atoms with Crippen LogP contribution in [0.5, 0.6) is 5.75 Å². The third kappa shape index (κ3) is 4.87. The van der Waals surface area contributed by atoms with Crippen molar-refractivity contribution in [3.8, 4) is 5.75 Å². The minimum atomic E-state index is -0.645. The van der Waals surface area contributed by atoms with E-state index in [2.05, 4.69) is 5.32 Å². The molecule has 1 N–H and O–H groups in total. The van der Waals surface area contributed by atoms with Crippen LogP contribution in [-0.4, -0.2) is 21.8 Å². The zero-order valence-corrected chi connectivity index (χ0v) is 19.4. The molecule has 0 aromatic heterocycles. The van der Waals surface area contributed by atoms with Crippen LogP contribution in [0.1, 0.15) is 16.7 Å². The van der Waals surface area contributed by atoms with Gasteiger partial charge in [0.25, 0.3) is 11.6 Å². The first-order chi connectivity index (χ1) is 17.9. The summed E-state index contributed by atoms with van der Waals surface area (Å²) in [4.78, 5) is 37.1. The van der Waals surface area contributed by atoms with E-state index < -0.39 is 22.7 Å². The van der Waals surface area contributed by atoms with Crippen molar-refractivity contribution in [2.45, 2.75) is 13.2 Å². The molecule has 37 heavy (non-hydrogen) atoms. The summed E-state index contributed by atoms with van der Waals surface area (Å²) in [5.74, 6) is -0.627. The molecule has 0 radical (unpaired) electrons. The third-order valence-electron chi connectivity index (χ3n) is 6.01. The largest absolute Gasteiger partial charge is 0.488 e. The fraction of sp³-hybridized carbons (Fsp3) is 0.0714. The molecule has 0 unspecified atom stereocenters. The Balaban J connectivity index is 1.46. The van der Waals surface area contributed by atoms with Gasteiger partial charge in [0.05, 0.1) is 11.5 Å². The maximum absolute atomic E-state index is 14.1. The first-order valence-electron chi connectivity index (χ1n) is 11.4. The Hall–Kier alpha value is -5.05. The first-order valence-corrected chi connectivity index (χ1v) is 11.4. The molecule has 8 nitrogen and oxygen atoms in total. The number of non-ortho nitro benzene ring substituents is 1. The SMILES string of the molecule is O=C1N/C(=C/c2c(OCc3ccc([N+](=O)[O-])cc3)ccc3ccccc23)C(=O)N1Cc1ccccc1F. The van der Waals surface area contributed by atoms with Crippen molar-refractivity contribution in [2.24, 2.45) is 0 Å². The topological polar surface area (TPSA) is 102 Å². The molecule has 3 amide bonds. The second-order valence-electron chi connectivity index (χ2n) is 8.38. The number of hydrogen-bond acceptors (Lipinski definition) is 5. The van der Waals surface area contributed by atoms with Crippen molar-refractivity contribution >= 4 is 34.5 Å². The number of fused-ring (bicyclic) bond motifs is 1. The summed E-state index contributed by atoms with van der Waals surface area (Å²) in [5.41, 5.74) is 1.55. The average Bonchev–Trinajstić information content (AvgIpc) is 3.17. The first kappa shape index (κ1) is 23.7. The van der Waals surface area contributed by atoms with Crippen LogP contribution >= 0.6 is 0 Å². The van der Waals surface area contributed by atoms with Crippen LogP contribution in [0, 0.1) is 15.9 Å². The van der Waals surface area contributed by atoms with E-state index in [1.54, 1.807) is 30.3 Å². The van der Waals surface area contributed by atoms with Crippen molar-refractivity contribution in [2.75, 3.05) is 0 Å². The molecule has 9 heteroatoms. The van der Waals surface area contributed by atoms with Crippen LogP contribution in [0.15, 0.2) is 90.6 Å².